The SMILES string of the molecule is Cn1c(N2CCOC(C(=O)c3ccc4ccccc4c3)C2)nc(-c2ccncn2)cc1=O. The fraction of sp³-hybridized carbons (Fsp3) is 0.208. The summed E-state index contributed by atoms with van der Waals surface area (Å²) in [5, 5.41) is 2.09. The van der Waals surface area contributed by atoms with E-state index in [9.17, 15) is 9.59 Å². The summed E-state index contributed by atoms with van der Waals surface area (Å²) >= 11 is 0. The molecule has 3 heterocycles. The number of rotatable bonds is 4. The molecular formula is C24H21N5O3. The van der Waals surface area contributed by atoms with E-state index in [-0.39, 0.29) is 11.3 Å². The van der Waals surface area contributed by atoms with E-state index in [1.165, 1.54) is 17.0 Å². The van der Waals surface area contributed by atoms with Crippen molar-refractivity contribution in [2.45, 2.75) is 6.10 Å². The van der Waals surface area contributed by atoms with Crippen LogP contribution in [0.1, 0.15) is 10.4 Å². The molecule has 1 atom stereocenters. The molecule has 0 amide bonds. The molecule has 4 aromatic rings. The maximum atomic E-state index is 13.2. The van der Waals surface area contributed by atoms with Crippen molar-refractivity contribution in [2.24, 2.45) is 7.05 Å². The van der Waals surface area contributed by atoms with E-state index >= 15 is 0 Å². The van der Waals surface area contributed by atoms with Crippen molar-refractivity contribution in [3.05, 3.63) is 83.0 Å². The van der Waals surface area contributed by atoms with Gasteiger partial charge in [-0.25, -0.2) is 15.0 Å². The number of fused-ring (bicyclic) bond motifs is 1. The number of hydrogen-bond acceptors (Lipinski definition) is 7. The van der Waals surface area contributed by atoms with Gasteiger partial charge in [0, 0.05) is 31.4 Å². The summed E-state index contributed by atoms with van der Waals surface area (Å²) in [5.41, 5.74) is 1.44. The number of morpholine rings is 1. The van der Waals surface area contributed by atoms with Crippen LogP contribution in [0.5, 0.6) is 0 Å². The molecule has 8 heteroatoms. The van der Waals surface area contributed by atoms with Gasteiger partial charge >= 0.3 is 0 Å². The second-order valence-corrected chi connectivity index (χ2v) is 7.66. The van der Waals surface area contributed by atoms with E-state index in [1.807, 2.05) is 47.4 Å². The van der Waals surface area contributed by atoms with E-state index in [2.05, 4.69) is 15.0 Å². The molecule has 32 heavy (non-hydrogen) atoms. The van der Waals surface area contributed by atoms with Crippen LogP contribution in [0.2, 0.25) is 0 Å². The Labute approximate surface area is 184 Å². The average molecular weight is 427 g/mol. The van der Waals surface area contributed by atoms with Gasteiger partial charge in [0.05, 0.1) is 24.5 Å². The first kappa shape index (κ1) is 20.0. The average Bonchev–Trinajstić information content (AvgIpc) is 2.85. The summed E-state index contributed by atoms with van der Waals surface area (Å²) in [5.74, 6) is 0.392. The van der Waals surface area contributed by atoms with Gasteiger partial charge in [0.25, 0.3) is 5.56 Å². The first-order valence-corrected chi connectivity index (χ1v) is 10.3. The normalized spacial score (nSPS) is 16.3. The second-order valence-electron chi connectivity index (χ2n) is 7.66. The van der Waals surface area contributed by atoms with Crippen LogP contribution in [0.4, 0.5) is 5.95 Å². The summed E-state index contributed by atoms with van der Waals surface area (Å²) in [6.07, 6.45) is 2.37. The van der Waals surface area contributed by atoms with Crippen LogP contribution in [0, 0.1) is 0 Å². The summed E-state index contributed by atoms with van der Waals surface area (Å²) in [6, 6.07) is 16.7. The van der Waals surface area contributed by atoms with Gasteiger partial charge < -0.3 is 9.64 Å². The van der Waals surface area contributed by atoms with E-state index in [0.29, 0.717) is 42.6 Å². The van der Waals surface area contributed by atoms with Crippen LogP contribution in [0.15, 0.2) is 71.9 Å². The third kappa shape index (κ3) is 3.76. The fourth-order valence-electron chi connectivity index (χ4n) is 3.90. The summed E-state index contributed by atoms with van der Waals surface area (Å²) < 4.78 is 7.30. The standard InChI is InChI=1S/C24H21N5O3/c1-28-22(30)13-20(19-8-9-25-15-26-19)27-24(28)29-10-11-32-21(14-29)23(31)18-7-6-16-4-2-3-5-17(16)12-18/h2-9,12-13,15,21H,10-11,14H2,1H3. The van der Waals surface area contributed by atoms with Crippen LogP contribution in [-0.4, -0.2) is 51.1 Å². The van der Waals surface area contributed by atoms with Crippen LogP contribution in [0.3, 0.4) is 0 Å². The quantitative estimate of drug-likeness (QED) is 0.462. The van der Waals surface area contributed by atoms with Crippen LogP contribution < -0.4 is 10.5 Å². The third-order valence-electron chi connectivity index (χ3n) is 5.63. The molecule has 1 aliphatic heterocycles. The van der Waals surface area contributed by atoms with Crippen LogP contribution in [0.25, 0.3) is 22.2 Å². The number of aromatic nitrogens is 4. The van der Waals surface area contributed by atoms with Gasteiger partial charge in [-0.2, -0.15) is 0 Å². The van der Waals surface area contributed by atoms with Gasteiger partial charge in [-0.15, -0.1) is 0 Å². The van der Waals surface area contributed by atoms with Gasteiger partial charge in [-0.1, -0.05) is 36.4 Å². The molecule has 8 nitrogen and oxygen atoms in total. The van der Waals surface area contributed by atoms with Crippen molar-refractivity contribution >= 4 is 22.5 Å². The molecule has 2 aromatic heterocycles. The molecule has 0 N–H and O–H groups in total. The Hall–Kier alpha value is -3.91. The monoisotopic (exact) mass is 427 g/mol. The number of benzene rings is 2. The predicted octanol–water partition coefficient (Wildman–Crippen LogP) is 2.48. The first-order valence-electron chi connectivity index (χ1n) is 10.3. The molecule has 0 aliphatic carbocycles. The zero-order valence-corrected chi connectivity index (χ0v) is 17.5. The number of nitrogens with zero attached hydrogens (tertiary/aromatic N) is 5. The Balaban J connectivity index is 1.44. The van der Waals surface area contributed by atoms with E-state index in [1.54, 1.807) is 19.3 Å². The highest BCUT2D eigenvalue weighted by molar-refractivity contribution is 6.03. The third-order valence-corrected chi connectivity index (χ3v) is 5.63. The van der Waals surface area contributed by atoms with Crippen molar-refractivity contribution < 1.29 is 9.53 Å². The smallest absolute Gasteiger partial charge is 0.255 e. The van der Waals surface area contributed by atoms with Gasteiger partial charge in [-0.05, 0) is 22.9 Å². The second kappa shape index (κ2) is 8.32. The lowest BCUT2D eigenvalue weighted by Gasteiger charge is -2.33. The van der Waals surface area contributed by atoms with Crippen molar-refractivity contribution in [2.75, 3.05) is 24.6 Å². The molecule has 1 saturated heterocycles. The topological polar surface area (TPSA) is 90.2 Å². The van der Waals surface area contributed by atoms with Gasteiger partial charge in [0.1, 0.15) is 12.4 Å². The zero-order valence-electron chi connectivity index (χ0n) is 17.5. The lowest BCUT2D eigenvalue weighted by Crippen LogP contribution is -2.48. The molecule has 160 valence electrons. The molecule has 0 radical (unpaired) electrons. The minimum absolute atomic E-state index is 0.0857. The molecule has 1 unspecified atom stereocenters. The minimum Gasteiger partial charge on any atom is -0.366 e. The summed E-state index contributed by atoms with van der Waals surface area (Å²) in [6.45, 7) is 1.19. The lowest BCUT2D eigenvalue weighted by molar-refractivity contribution is 0.0337. The fourth-order valence-corrected chi connectivity index (χ4v) is 3.90. The zero-order chi connectivity index (χ0) is 22.1. The Morgan fingerprint density at radius 2 is 1.91 bits per heavy atom. The largest absolute Gasteiger partial charge is 0.366 e. The maximum absolute atomic E-state index is 13.2. The number of ketones is 1. The Kier molecular flexibility index (Phi) is 5.20. The van der Waals surface area contributed by atoms with Crippen molar-refractivity contribution in [3.63, 3.8) is 0 Å². The Bertz CT molecular complexity index is 1350. The molecule has 0 spiro atoms. The first-order chi connectivity index (χ1) is 15.6. The predicted molar refractivity (Wildman–Crippen MR) is 121 cm³/mol. The summed E-state index contributed by atoms with van der Waals surface area (Å²) in [4.78, 5) is 40.5. The van der Waals surface area contributed by atoms with Gasteiger partial charge in [0.2, 0.25) is 5.95 Å². The molecular weight excluding hydrogens is 406 g/mol. The van der Waals surface area contributed by atoms with Crippen molar-refractivity contribution in [1.82, 2.24) is 19.5 Å². The van der Waals surface area contributed by atoms with Crippen molar-refractivity contribution in [3.8, 4) is 11.4 Å². The lowest BCUT2D eigenvalue weighted by atomic mass is 10.0. The van der Waals surface area contributed by atoms with Crippen LogP contribution >= 0.6 is 0 Å². The number of carbonyl (C=O) groups is 1. The van der Waals surface area contributed by atoms with Gasteiger partial charge in [-0.3, -0.25) is 14.2 Å². The number of Topliss-reactive ketones (excluding diaryl/α,β-unsaturated/α-hetero) is 1. The number of anilines is 1. The van der Waals surface area contributed by atoms with E-state index in [4.69, 9.17) is 4.74 Å². The van der Waals surface area contributed by atoms with Gasteiger partial charge in [0.15, 0.2) is 5.78 Å². The molecule has 5 rings (SSSR count). The number of ether oxygens (including phenoxy) is 1. The minimum atomic E-state index is -0.649. The summed E-state index contributed by atoms with van der Waals surface area (Å²) in [7, 11) is 1.67. The Morgan fingerprint density at radius 1 is 1.06 bits per heavy atom. The number of carbonyl (C=O) groups excluding carboxylic acids is 1. The van der Waals surface area contributed by atoms with E-state index < -0.39 is 6.10 Å². The Morgan fingerprint density at radius 3 is 2.72 bits per heavy atom. The van der Waals surface area contributed by atoms with Crippen LogP contribution in [-0.2, 0) is 11.8 Å². The van der Waals surface area contributed by atoms with Crippen molar-refractivity contribution in [1.29, 1.82) is 0 Å². The highest BCUT2D eigenvalue weighted by Gasteiger charge is 2.29. The highest BCUT2D eigenvalue weighted by Crippen LogP contribution is 2.22. The number of hydrogen-bond donors (Lipinski definition) is 0. The maximum Gasteiger partial charge on any atom is 0.255 e. The highest BCUT2D eigenvalue weighted by atomic mass is 16.5. The molecule has 1 aliphatic rings. The molecule has 0 saturated carbocycles. The van der Waals surface area contributed by atoms with E-state index in [0.717, 1.165) is 10.8 Å². The molecule has 1 fully saturated rings. The molecule has 2 aromatic carbocycles. The molecule has 0 bridgehead atoms.